The Bertz CT molecular complexity index is 476. The monoisotopic (exact) mass is 304 g/mol. The summed E-state index contributed by atoms with van der Waals surface area (Å²) < 4.78 is 5.22. The Morgan fingerprint density at radius 2 is 2.27 bits per heavy atom. The SMILES string of the molecule is COc1cccc(CCNCCC(=O)N2CCCC(C)C2)c1. The van der Waals surface area contributed by atoms with Crippen molar-refractivity contribution in [2.24, 2.45) is 5.92 Å². The molecule has 0 aromatic heterocycles. The highest BCUT2D eigenvalue weighted by Crippen LogP contribution is 2.16. The highest BCUT2D eigenvalue weighted by atomic mass is 16.5. The molecule has 1 unspecified atom stereocenters. The van der Waals surface area contributed by atoms with E-state index in [0.717, 1.165) is 44.8 Å². The number of carbonyl (C=O) groups is 1. The number of nitrogens with zero attached hydrogens (tertiary/aromatic N) is 1. The molecule has 2 rings (SSSR count). The first-order valence-corrected chi connectivity index (χ1v) is 8.30. The summed E-state index contributed by atoms with van der Waals surface area (Å²) in [5.41, 5.74) is 1.25. The van der Waals surface area contributed by atoms with E-state index in [0.29, 0.717) is 18.2 Å². The topological polar surface area (TPSA) is 41.6 Å². The molecule has 0 saturated carbocycles. The molecule has 1 fully saturated rings. The number of hydrogen-bond acceptors (Lipinski definition) is 3. The number of carbonyl (C=O) groups excluding carboxylic acids is 1. The molecule has 1 saturated heterocycles. The van der Waals surface area contributed by atoms with E-state index in [4.69, 9.17) is 4.74 Å². The van der Waals surface area contributed by atoms with Crippen molar-refractivity contribution < 1.29 is 9.53 Å². The van der Waals surface area contributed by atoms with E-state index in [-0.39, 0.29) is 0 Å². The lowest BCUT2D eigenvalue weighted by Crippen LogP contribution is -2.40. The fourth-order valence-corrected chi connectivity index (χ4v) is 2.96. The fraction of sp³-hybridized carbons (Fsp3) is 0.611. The van der Waals surface area contributed by atoms with E-state index in [1.807, 2.05) is 17.0 Å². The van der Waals surface area contributed by atoms with Gasteiger partial charge in [-0.1, -0.05) is 19.1 Å². The predicted molar refractivity (Wildman–Crippen MR) is 89.2 cm³/mol. The lowest BCUT2D eigenvalue weighted by molar-refractivity contribution is -0.132. The molecular formula is C18H28N2O2. The van der Waals surface area contributed by atoms with Gasteiger partial charge in [-0.15, -0.1) is 0 Å². The number of nitrogens with one attached hydrogen (secondary N) is 1. The molecule has 1 amide bonds. The number of hydrogen-bond donors (Lipinski definition) is 1. The van der Waals surface area contributed by atoms with Crippen LogP contribution in [0.15, 0.2) is 24.3 Å². The van der Waals surface area contributed by atoms with E-state index < -0.39 is 0 Å². The second kappa shape index (κ2) is 8.79. The molecular weight excluding hydrogens is 276 g/mol. The molecule has 1 aliphatic rings. The van der Waals surface area contributed by atoms with Gasteiger partial charge in [-0.05, 0) is 49.4 Å². The Kier molecular flexibility index (Phi) is 6.72. The molecule has 0 bridgehead atoms. The smallest absolute Gasteiger partial charge is 0.223 e. The van der Waals surface area contributed by atoms with Gasteiger partial charge < -0.3 is 15.0 Å². The van der Waals surface area contributed by atoms with Crippen LogP contribution in [0.3, 0.4) is 0 Å². The van der Waals surface area contributed by atoms with Crippen molar-refractivity contribution in [3.05, 3.63) is 29.8 Å². The Morgan fingerprint density at radius 3 is 3.05 bits per heavy atom. The third-order valence-corrected chi connectivity index (χ3v) is 4.25. The molecule has 1 aromatic rings. The molecule has 22 heavy (non-hydrogen) atoms. The van der Waals surface area contributed by atoms with Crippen molar-refractivity contribution in [3.63, 3.8) is 0 Å². The summed E-state index contributed by atoms with van der Waals surface area (Å²) in [6.45, 7) is 5.74. The van der Waals surface area contributed by atoms with Gasteiger partial charge in [0.1, 0.15) is 5.75 Å². The van der Waals surface area contributed by atoms with Crippen molar-refractivity contribution in [2.75, 3.05) is 33.3 Å². The quantitative estimate of drug-likeness (QED) is 0.787. The Hall–Kier alpha value is -1.55. The molecule has 1 N–H and O–H groups in total. The molecule has 4 nitrogen and oxygen atoms in total. The normalized spacial score (nSPS) is 18.3. The molecule has 1 atom stereocenters. The number of likely N-dealkylation sites (tertiary alicyclic amines) is 1. The van der Waals surface area contributed by atoms with Gasteiger partial charge in [-0.3, -0.25) is 4.79 Å². The van der Waals surface area contributed by atoms with Gasteiger partial charge in [-0.25, -0.2) is 0 Å². The van der Waals surface area contributed by atoms with Crippen molar-refractivity contribution in [1.82, 2.24) is 10.2 Å². The number of ether oxygens (including phenoxy) is 1. The molecule has 0 aliphatic carbocycles. The average molecular weight is 304 g/mol. The Labute approximate surface area is 133 Å². The molecule has 0 radical (unpaired) electrons. The van der Waals surface area contributed by atoms with Crippen LogP contribution in [0.4, 0.5) is 0 Å². The average Bonchev–Trinajstić information content (AvgIpc) is 2.54. The lowest BCUT2D eigenvalue weighted by atomic mass is 10.00. The van der Waals surface area contributed by atoms with Crippen LogP contribution in [-0.2, 0) is 11.2 Å². The van der Waals surface area contributed by atoms with Crippen LogP contribution in [-0.4, -0.2) is 44.1 Å². The summed E-state index contributed by atoms with van der Waals surface area (Å²) in [7, 11) is 1.68. The summed E-state index contributed by atoms with van der Waals surface area (Å²) >= 11 is 0. The van der Waals surface area contributed by atoms with Gasteiger partial charge in [0, 0.05) is 26.1 Å². The first kappa shape index (κ1) is 16.8. The molecule has 1 heterocycles. The third kappa shape index (κ3) is 5.34. The first-order valence-electron chi connectivity index (χ1n) is 8.30. The number of benzene rings is 1. The van der Waals surface area contributed by atoms with E-state index in [1.54, 1.807) is 7.11 Å². The van der Waals surface area contributed by atoms with Crippen LogP contribution >= 0.6 is 0 Å². The maximum absolute atomic E-state index is 12.1. The maximum atomic E-state index is 12.1. The third-order valence-electron chi connectivity index (χ3n) is 4.25. The van der Waals surface area contributed by atoms with Gasteiger partial charge in [0.05, 0.1) is 7.11 Å². The standard InChI is InChI=1S/C18H28N2O2/c1-15-5-4-12-20(14-15)18(21)9-11-19-10-8-16-6-3-7-17(13-16)22-2/h3,6-7,13,15,19H,4-5,8-12,14H2,1-2H3. The summed E-state index contributed by atoms with van der Waals surface area (Å²) in [4.78, 5) is 14.2. The maximum Gasteiger partial charge on any atom is 0.223 e. The van der Waals surface area contributed by atoms with Crippen molar-refractivity contribution in [1.29, 1.82) is 0 Å². The summed E-state index contributed by atoms with van der Waals surface area (Å²) in [6, 6.07) is 8.12. The van der Waals surface area contributed by atoms with Crippen LogP contribution in [0.25, 0.3) is 0 Å². The molecule has 4 heteroatoms. The highest BCUT2D eigenvalue weighted by Gasteiger charge is 2.20. The number of amides is 1. The second-order valence-electron chi connectivity index (χ2n) is 6.19. The van der Waals surface area contributed by atoms with E-state index in [2.05, 4.69) is 24.4 Å². The second-order valence-corrected chi connectivity index (χ2v) is 6.19. The summed E-state index contributed by atoms with van der Waals surface area (Å²) in [6.07, 6.45) is 3.95. The zero-order chi connectivity index (χ0) is 15.8. The highest BCUT2D eigenvalue weighted by molar-refractivity contribution is 5.76. The Morgan fingerprint density at radius 1 is 1.41 bits per heavy atom. The molecule has 1 aromatic carbocycles. The predicted octanol–water partition coefficient (Wildman–Crippen LogP) is 2.48. The van der Waals surface area contributed by atoms with Gasteiger partial charge in [0.25, 0.3) is 0 Å². The van der Waals surface area contributed by atoms with Gasteiger partial charge >= 0.3 is 0 Å². The van der Waals surface area contributed by atoms with Crippen molar-refractivity contribution in [3.8, 4) is 5.75 Å². The lowest BCUT2D eigenvalue weighted by Gasteiger charge is -2.31. The van der Waals surface area contributed by atoms with Crippen LogP contribution in [0.5, 0.6) is 5.75 Å². The van der Waals surface area contributed by atoms with E-state index in [9.17, 15) is 4.79 Å². The number of piperidine rings is 1. The van der Waals surface area contributed by atoms with Gasteiger partial charge in [0.15, 0.2) is 0 Å². The number of methoxy groups -OCH3 is 1. The van der Waals surface area contributed by atoms with Gasteiger partial charge in [-0.2, -0.15) is 0 Å². The van der Waals surface area contributed by atoms with Crippen molar-refractivity contribution in [2.45, 2.75) is 32.6 Å². The molecule has 122 valence electrons. The zero-order valence-electron chi connectivity index (χ0n) is 13.8. The van der Waals surface area contributed by atoms with Crippen LogP contribution < -0.4 is 10.1 Å². The van der Waals surface area contributed by atoms with Crippen LogP contribution in [0.2, 0.25) is 0 Å². The van der Waals surface area contributed by atoms with Gasteiger partial charge in [0.2, 0.25) is 5.91 Å². The summed E-state index contributed by atoms with van der Waals surface area (Å²) in [5.74, 6) is 1.84. The number of rotatable bonds is 7. The minimum absolute atomic E-state index is 0.292. The molecule has 0 spiro atoms. The van der Waals surface area contributed by atoms with Crippen molar-refractivity contribution >= 4 is 5.91 Å². The Balaban J connectivity index is 1.61. The fourth-order valence-electron chi connectivity index (χ4n) is 2.96. The minimum atomic E-state index is 0.292. The molecule has 1 aliphatic heterocycles. The van der Waals surface area contributed by atoms with E-state index >= 15 is 0 Å². The summed E-state index contributed by atoms with van der Waals surface area (Å²) in [5, 5.41) is 3.36. The first-order chi connectivity index (χ1) is 10.7. The van der Waals surface area contributed by atoms with Crippen LogP contribution in [0.1, 0.15) is 31.7 Å². The largest absolute Gasteiger partial charge is 0.497 e. The van der Waals surface area contributed by atoms with Crippen LogP contribution in [0, 0.1) is 5.92 Å². The zero-order valence-corrected chi connectivity index (χ0v) is 13.8. The minimum Gasteiger partial charge on any atom is -0.497 e. The van der Waals surface area contributed by atoms with E-state index in [1.165, 1.54) is 12.0 Å².